The van der Waals surface area contributed by atoms with Crippen LogP contribution in [0.25, 0.3) is 0 Å². The number of rotatable bonds is 2. The molecule has 3 nitrogen and oxygen atoms in total. The van der Waals surface area contributed by atoms with Crippen molar-refractivity contribution < 1.29 is 9.50 Å². The van der Waals surface area contributed by atoms with Crippen LogP contribution in [0.15, 0.2) is 24.4 Å². The fourth-order valence-corrected chi connectivity index (χ4v) is 1.87. The first-order chi connectivity index (χ1) is 9.08. The maximum Gasteiger partial charge on any atom is 0.124 e. The van der Waals surface area contributed by atoms with Gasteiger partial charge in [-0.25, -0.2) is 4.39 Å². The summed E-state index contributed by atoms with van der Waals surface area (Å²) in [5.41, 5.74) is 2.00. The number of aliphatic hydroxyl groups is 1. The zero-order valence-corrected chi connectivity index (χ0v) is 11.1. The first-order valence-corrected chi connectivity index (χ1v) is 6.05. The molecule has 19 heavy (non-hydrogen) atoms. The predicted octanol–water partition coefficient (Wildman–Crippen LogP) is 2.38. The minimum Gasteiger partial charge on any atom is -0.384 e. The number of hydrogen-bond acceptors (Lipinski definition) is 2. The molecule has 0 atom stereocenters. The van der Waals surface area contributed by atoms with Crippen LogP contribution in [-0.4, -0.2) is 21.5 Å². The van der Waals surface area contributed by atoms with E-state index in [2.05, 4.69) is 16.9 Å². The quantitative estimate of drug-likeness (QED) is 0.857. The van der Waals surface area contributed by atoms with Gasteiger partial charge in [0.25, 0.3) is 0 Å². The molecule has 1 aromatic heterocycles. The van der Waals surface area contributed by atoms with Crippen LogP contribution in [0, 0.1) is 24.6 Å². The standard InChI is InChI=1S/C14H12ClFN2O/c1-10-14(15)9-18(17-10)8-12-5-11(3-2-4-19)6-13(16)7-12/h5-7,9,19H,4,8H2,1H3. The molecule has 2 aromatic rings. The lowest BCUT2D eigenvalue weighted by molar-refractivity contribution is 0.350. The van der Waals surface area contributed by atoms with E-state index >= 15 is 0 Å². The van der Waals surface area contributed by atoms with Gasteiger partial charge >= 0.3 is 0 Å². The van der Waals surface area contributed by atoms with E-state index < -0.39 is 0 Å². The van der Waals surface area contributed by atoms with Crippen LogP contribution in [0.2, 0.25) is 5.02 Å². The zero-order valence-electron chi connectivity index (χ0n) is 10.3. The van der Waals surface area contributed by atoms with E-state index in [4.69, 9.17) is 16.7 Å². The van der Waals surface area contributed by atoms with Crippen LogP contribution in [0.4, 0.5) is 4.39 Å². The Kier molecular flexibility index (Phi) is 4.20. The summed E-state index contributed by atoms with van der Waals surface area (Å²) in [6, 6.07) is 4.51. The summed E-state index contributed by atoms with van der Waals surface area (Å²) >= 11 is 5.92. The molecule has 0 saturated heterocycles. The van der Waals surface area contributed by atoms with Crippen molar-refractivity contribution >= 4 is 11.6 Å². The molecule has 1 N–H and O–H groups in total. The molecule has 0 radical (unpaired) electrons. The van der Waals surface area contributed by atoms with E-state index in [1.807, 2.05) is 6.92 Å². The summed E-state index contributed by atoms with van der Waals surface area (Å²) in [6.45, 7) is 1.97. The van der Waals surface area contributed by atoms with Gasteiger partial charge in [-0.05, 0) is 30.7 Å². The van der Waals surface area contributed by atoms with Crippen LogP contribution in [0.3, 0.4) is 0 Å². The van der Waals surface area contributed by atoms with E-state index in [9.17, 15) is 4.39 Å². The van der Waals surface area contributed by atoms with Crippen LogP contribution < -0.4 is 0 Å². The van der Waals surface area contributed by atoms with Gasteiger partial charge in [-0.3, -0.25) is 4.68 Å². The third-order valence-electron chi connectivity index (χ3n) is 2.50. The molecular formula is C14H12ClFN2O. The Morgan fingerprint density at radius 1 is 1.42 bits per heavy atom. The van der Waals surface area contributed by atoms with Crippen molar-refractivity contribution in [3.63, 3.8) is 0 Å². The minimum atomic E-state index is -0.366. The Morgan fingerprint density at radius 2 is 2.21 bits per heavy atom. The molecule has 0 fully saturated rings. The maximum atomic E-state index is 13.5. The molecule has 0 bridgehead atoms. The molecule has 0 aliphatic rings. The van der Waals surface area contributed by atoms with Crippen molar-refractivity contribution in [2.75, 3.05) is 6.61 Å². The average molecular weight is 279 g/mol. The maximum absolute atomic E-state index is 13.5. The van der Waals surface area contributed by atoms with E-state index in [0.717, 1.165) is 11.3 Å². The lowest BCUT2D eigenvalue weighted by atomic mass is 10.1. The van der Waals surface area contributed by atoms with Crippen molar-refractivity contribution in [2.24, 2.45) is 0 Å². The monoisotopic (exact) mass is 278 g/mol. The Balaban J connectivity index is 2.27. The van der Waals surface area contributed by atoms with E-state index in [0.29, 0.717) is 17.1 Å². The molecule has 98 valence electrons. The largest absolute Gasteiger partial charge is 0.384 e. The van der Waals surface area contributed by atoms with Gasteiger partial charge in [0, 0.05) is 11.8 Å². The highest BCUT2D eigenvalue weighted by Gasteiger charge is 2.04. The number of benzene rings is 1. The highest BCUT2D eigenvalue weighted by molar-refractivity contribution is 6.31. The molecule has 0 spiro atoms. The summed E-state index contributed by atoms with van der Waals surface area (Å²) < 4.78 is 15.1. The van der Waals surface area contributed by atoms with E-state index in [1.165, 1.54) is 12.1 Å². The first-order valence-electron chi connectivity index (χ1n) is 5.67. The van der Waals surface area contributed by atoms with Gasteiger partial charge in [-0.15, -0.1) is 0 Å². The fourth-order valence-electron chi connectivity index (χ4n) is 1.72. The second-order valence-corrected chi connectivity index (χ2v) is 4.48. The smallest absolute Gasteiger partial charge is 0.124 e. The average Bonchev–Trinajstić information content (AvgIpc) is 2.65. The summed E-state index contributed by atoms with van der Waals surface area (Å²) in [5.74, 6) is 4.81. The second kappa shape index (κ2) is 5.87. The number of halogens is 2. The summed E-state index contributed by atoms with van der Waals surface area (Å²) in [6.07, 6.45) is 1.70. The molecule has 5 heteroatoms. The highest BCUT2D eigenvalue weighted by Crippen LogP contribution is 2.15. The third-order valence-corrected chi connectivity index (χ3v) is 2.87. The summed E-state index contributed by atoms with van der Waals surface area (Å²) in [5, 5.41) is 13.4. The summed E-state index contributed by atoms with van der Waals surface area (Å²) in [4.78, 5) is 0. The van der Waals surface area contributed by atoms with E-state index in [1.54, 1.807) is 16.9 Å². The van der Waals surface area contributed by atoms with Crippen molar-refractivity contribution in [3.8, 4) is 11.8 Å². The normalized spacial score (nSPS) is 10.1. The van der Waals surface area contributed by atoms with Crippen LogP contribution in [-0.2, 0) is 6.54 Å². The molecule has 1 aromatic carbocycles. The molecule has 1 heterocycles. The topological polar surface area (TPSA) is 38.0 Å². The molecule has 2 rings (SSSR count). The predicted molar refractivity (Wildman–Crippen MR) is 71.4 cm³/mol. The number of aromatic nitrogens is 2. The Bertz CT molecular complexity index is 636. The molecule has 0 amide bonds. The zero-order chi connectivity index (χ0) is 13.8. The van der Waals surface area contributed by atoms with Crippen LogP contribution in [0.1, 0.15) is 16.8 Å². The van der Waals surface area contributed by atoms with Gasteiger partial charge in [0.2, 0.25) is 0 Å². The lowest BCUT2D eigenvalue weighted by Crippen LogP contribution is -2.01. The van der Waals surface area contributed by atoms with Gasteiger partial charge in [0.05, 0.1) is 17.3 Å². The minimum absolute atomic E-state index is 0.250. The summed E-state index contributed by atoms with van der Waals surface area (Å²) in [7, 11) is 0. The van der Waals surface area contributed by atoms with Crippen molar-refractivity contribution in [2.45, 2.75) is 13.5 Å². The molecule has 0 saturated carbocycles. The van der Waals surface area contributed by atoms with E-state index in [-0.39, 0.29) is 12.4 Å². The van der Waals surface area contributed by atoms with Gasteiger partial charge in [0.15, 0.2) is 0 Å². The van der Waals surface area contributed by atoms with Gasteiger partial charge in [0.1, 0.15) is 12.4 Å². The number of aryl methyl sites for hydroxylation is 1. The fraction of sp³-hybridized carbons (Fsp3) is 0.214. The molecule has 0 aliphatic heterocycles. The van der Waals surface area contributed by atoms with Gasteiger partial charge < -0.3 is 5.11 Å². The molecule has 0 unspecified atom stereocenters. The van der Waals surface area contributed by atoms with Crippen molar-refractivity contribution in [3.05, 3.63) is 52.1 Å². The number of hydrogen-bond donors (Lipinski definition) is 1. The number of nitrogens with zero attached hydrogens (tertiary/aromatic N) is 2. The molecular weight excluding hydrogens is 267 g/mol. The van der Waals surface area contributed by atoms with Crippen molar-refractivity contribution in [1.82, 2.24) is 9.78 Å². The van der Waals surface area contributed by atoms with Crippen molar-refractivity contribution in [1.29, 1.82) is 0 Å². The van der Waals surface area contributed by atoms with Crippen LogP contribution in [0.5, 0.6) is 0 Å². The Morgan fingerprint density at radius 3 is 2.84 bits per heavy atom. The van der Waals surface area contributed by atoms with Gasteiger partial charge in [-0.1, -0.05) is 23.4 Å². The Labute approximate surface area is 115 Å². The molecule has 0 aliphatic carbocycles. The van der Waals surface area contributed by atoms with Gasteiger partial charge in [-0.2, -0.15) is 5.10 Å². The second-order valence-electron chi connectivity index (χ2n) is 4.07. The third kappa shape index (κ3) is 3.57. The lowest BCUT2D eigenvalue weighted by Gasteiger charge is -2.03. The highest BCUT2D eigenvalue weighted by atomic mass is 35.5. The number of aliphatic hydroxyl groups excluding tert-OH is 1. The first kappa shape index (κ1) is 13.6. The Hall–Kier alpha value is -1.83. The SMILES string of the molecule is Cc1nn(Cc2cc(F)cc(C#CCO)c2)cc1Cl. The van der Waals surface area contributed by atoms with Crippen LogP contribution >= 0.6 is 11.6 Å².